The molecule has 2 aromatic heterocycles. The molecule has 2 rings (SSSR count). The van der Waals surface area contributed by atoms with E-state index in [1.165, 1.54) is 0 Å². The van der Waals surface area contributed by atoms with Crippen molar-refractivity contribution in [3.8, 4) is 0 Å². The highest BCUT2D eigenvalue weighted by atomic mass is 79.9. The molecule has 0 spiro atoms. The SMILES string of the molecule is CCS(=O)(=O)c1cc2cnn(C(C)(C)C)c2nc1Br. The average molecular weight is 346 g/mol. The number of sulfone groups is 1. The van der Waals surface area contributed by atoms with Gasteiger partial charge in [-0.15, -0.1) is 0 Å². The Kier molecular flexibility index (Phi) is 3.47. The molecule has 104 valence electrons. The van der Waals surface area contributed by atoms with E-state index in [0.29, 0.717) is 10.3 Å². The minimum Gasteiger partial charge on any atom is -0.242 e. The second kappa shape index (κ2) is 4.56. The largest absolute Gasteiger partial charge is 0.242 e. The van der Waals surface area contributed by atoms with E-state index in [1.807, 2.05) is 20.8 Å². The van der Waals surface area contributed by atoms with Crippen molar-refractivity contribution in [2.45, 2.75) is 38.1 Å². The number of pyridine rings is 1. The molecule has 0 amide bonds. The molecule has 0 saturated heterocycles. The molecule has 0 unspecified atom stereocenters. The maximum absolute atomic E-state index is 12.0. The summed E-state index contributed by atoms with van der Waals surface area (Å²) in [6, 6.07) is 1.63. The summed E-state index contributed by atoms with van der Waals surface area (Å²) < 4.78 is 26.1. The van der Waals surface area contributed by atoms with Gasteiger partial charge in [0, 0.05) is 5.39 Å². The first-order chi connectivity index (χ1) is 8.66. The molecule has 19 heavy (non-hydrogen) atoms. The number of halogens is 1. The minimum atomic E-state index is -3.29. The number of nitrogens with zero attached hydrogens (tertiary/aromatic N) is 3. The summed E-state index contributed by atoms with van der Waals surface area (Å²) in [6.45, 7) is 7.67. The molecule has 0 N–H and O–H groups in total. The predicted octanol–water partition coefficient (Wildman–Crippen LogP) is 2.74. The van der Waals surface area contributed by atoms with E-state index in [4.69, 9.17) is 0 Å². The molecule has 0 radical (unpaired) electrons. The van der Waals surface area contributed by atoms with Crippen LogP contribution in [0.2, 0.25) is 0 Å². The van der Waals surface area contributed by atoms with Gasteiger partial charge < -0.3 is 0 Å². The maximum atomic E-state index is 12.0. The van der Waals surface area contributed by atoms with Crippen LogP contribution in [0, 0.1) is 0 Å². The third-order valence-corrected chi connectivity index (χ3v) is 5.42. The predicted molar refractivity (Wildman–Crippen MR) is 78.0 cm³/mol. The van der Waals surface area contributed by atoms with Crippen LogP contribution in [0.4, 0.5) is 0 Å². The van der Waals surface area contributed by atoms with Gasteiger partial charge in [0.25, 0.3) is 0 Å². The fourth-order valence-corrected chi connectivity index (χ4v) is 3.72. The summed E-state index contributed by atoms with van der Waals surface area (Å²) in [5, 5.41) is 5.02. The van der Waals surface area contributed by atoms with Gasteiger partial charge in [0.1, 0.15) is 9.50 Å². The summed E-state index contributed by atoms with van der Waals surface area (Å²) in [6.07, 6.45) is 1.65. The van der Waals surface area contributed by atoms with Crippen LogP contribution in [0.5, 0.6) is 0 Å². The summed E-state index contributed by atoms with van der Waals surface area (Å²) in [7, 11) is -3.29. The van der Waals surface area contributed by atoms with Gasteiger partial charge in [-0.2, -0.15) is 5.10 Å². The molecule has 0 atom stereocenters. The van der Waals surface area contributed by atoms with Crippen LogP contribution in [0.1, 0.15) is 27.7 Å². The van der Waals surface area contributed by atoms with Gasteiger partial charge in [-0.05, 0) is 42.8 Å². The molecular weight excluding hydrogens is 330 g/mol. The zero-order chi connectivity index (χ0) is 14.4. The van der Waals surface area contributed by atoms with Gasteiger partial charge in [0.05, 0.1) is 17.5 Å². The maximum Gasteiger partial charge on any atom is 0.180 e. The molecule has 5 nitrogen and oxygen atoms in total. The molecule has 2 heterocycles. The molecule has 7 heteroatoms. The summed E-state index contributed by atoms with van der Waals surface area (Å²) >= 11 is 3.25. The Bertz CT molecular complexity index is 729. The Morgan fingerprint density at radius 1 is 1.37 bits per heavy atom. The Morgan fingerprint density at radius 3 is 2.53 bits per heavy atom. The topological polar surface area (TPSA) is 64.8 Å². The number of hydrogen-bond acceptors (Lipinski definition) is 4. The van der Waals surface area contributed by atoms with E-state index < -0.39 is 9.84 Å². The number of fused-ring (bicyclic) bond motifs is 1. The highest BCUT2D eigenvalue weighted by Crippen LogP contribution is 2.28. The zero-order valence-electron chi connectivity index (χ0n) is 11.3. The van der Waals surface area contributed by atoms with Gasteiger partial charge in [-0.3, -0.25) is 0 Å². The van der Waals surface area contributed by atoms with Gasteiger partial charge >= 0.3 is 0 Å². The number of aromatic nitrogens is 3. The molecule has 0 aliphatic carbocycles. The molecule has 2 aromatic rings. The number of rotatable bonds is 2. The van der Waals surface area contributed by atoms with Crippen molar-refractivity contribution in [3.63, 3.8) is 0 Å². The van der Waals surface area contributed by atoms with Crippen molar-refractivity contribution < 1.29 is 8.42 Å². The van der Waals surface area contributed by atoms with Crippen molar-refractivity contribution in [1.29, 1.82) is 0 Å². The minimum absolute atomic E-state index is 0.0478. The lowest BCUT2D eigenvalue weighted by molar-refractivity contribution is 0.366. The quantitative estimate of drug-likeness (QED) is 0.785. The Morgan fingerprint density at radius 2 is 2.00 bits per heavy atom. The van der Waals surface area contributed by atoms with Crippen LogP contribution in [0.3, 0.4) is 0 Å². The third-order valence-electron chi connectivity index (χ3n) is 2.82. The van der Waals surface area contributed by atoms with Crippen molar-refractivity contribution in [2.75, 3.05) is 5.75 Å². The first-order valence-electron chi connectivity index (χ1n) is 5.94. The van der Waals surface area contributed by atoms with Crippen molar-refractivity contribution in [1.82, 2.24) is 14.8 Å². The first kappa shape index (κ1) is 14.5. The van der Waals surface area contributed by atoms with E-state index in [2.05, 4.69) is 26.0 Å². The molecule has 0 aromatic carbocycles. The average Bonchev–Trinajstić information content (AvgIpc) is 2.70. The summed E-state index contributed by atoms with van der Waals surface area (Å²) in [4.78, 5) is 4.57. The zero-order valence-corrected chi connectivity index (χ0v) is 13.7. The van der Waals surface area contributed by atoms with E-state index >= 15 is 0 Å². The Labute approximate surface area is 121 Å². The van der Waals surface area contributed by atoms with Gasteiger partial charge in [-0.25, -0.2) is 18.1 Å². The van der Waals surface area contributed by atoms with Gasteiger partial charge in [0.2, 0.25) is 0 Å². The van der Waals surface area contributed by atoms with Crippen LogP contribution < -0.4 is 0 Å². The summed E-state index contributed by atoms with van der Waals surface area (Å²) in [5.41, 5.74) is 0.466. The van der Waals surface area contributed by atoms with Gasteiger partial charge in [0.15, 0.2) is 15.5 Å². The Hall–Kier alpha value is -0.950. The van der Waals surface area contributed by atoms with E-state index in [0.717, 1.165) is 5.39 Å². The first-order valence-corrected chi connectivity index (χ1v) is 8.39. The summed E-state index contributed by atoms with van der Waals surface area (Å²) in [5.74, 6) is 0.0478. The lowest BCUT2D eigenvalue weighted by Crippen LogP contribution is -2.23. The monoisotopic (exact) mass is 345 g/mol. The van der Waals surface area contributed by atoms with E-state index in [9.17, 15) is 8.42 Å². The molecule has 0 fully saturated rings. The molecule has 0 saturated carbocycles. The third kappa shape index (κ3) is 2.53. The van der Waals surface area contributed by atoms with Crippen LogP contribution in [0.15, 0.2) is 21.8 Å². The molecular formula is C12H16BrN3O2S. The van der Waals surface area contributed by atoms with Crippen molar-refractivity contribution >= 4 is 36.8 Å². The van der Waals surface area contributed by atoms with Crippen LogP contribution in [0.25, 0.3) is 11.0 Å². The van der Waals surface area contributed by atoms with Crippen LogP contribution in [-0.2, 0) is 15.4 Å². The van der Waals surface area contributed by atoms with E-state index in [1.54, 1.807) is 23.9 Å². The van der Waals surface area contributed by atoms with Crippen molar-refractivity contribution in [2.24, 2.45) is 0 Å². The normalized spacial score (nSPS) is 13.1. The lowest BCUT2D eigenvalue weighted by atomic mass is 10.1. The second-order valence-electron chi connectivity index (χ2n) is 5.32. The highest BCUT2D eigenvalue weighted by molar-refractivity contribution is 9.10. The van der Waals surface area contributed by atoms with Crippen LogP contribution >= 0.6 is 15.9 Å². The van der Waals surface area contributed by atoms with Gasteiger partial charge in [-0.1, -0.05) is 6.92 Å². The highest BCUT2D eigenvalue weighted by Gasteiger charge is 2.22. The Balaban J connectivity index is 2.75. The number of hydrogen-bond donors (Lipinski definition) is 0. The lowest BCUT2D eigenvalue weighted by Gasteiger charge is -2.19. The van der Waals surface area contributed by atoms with Crippen LogP contribution in [-0.4, -0.2) is 28.9 Å². The van der Waals surface area contributed by atoms with Crippen molar-refractivity contribution in [3.05, 3.63) is 16.9 Å². The smallest absolute Gasteiger partial charge is 0.180 e. The standard InChI is InChI=1S/C12H16BrN3O2S/c1-5-19(17,18)9-6-8-7-14-16(12(2,3)4)11(8)15-10(9)13/h6-7H,5H2,1-4H3. The van der Waals surface area contributed by atoms with E-state index in [-0.39, 0.29) is 16.2 Å². The fourth-order valence-electron chi connectivity index (χ4n) is 1.78. The molecule has 0 bridgehead atoms. The molecule has 0 aliphatic heterocycles. The second-order valence-corrected chi connectivity index (χ2v) is 8.32. The molecule has 0 aliphatic rings. The fraction of sp³-hybridized carbons (Fsp3) is 0.500.